The minimum Gasteiger partial charge on any atom is -0.307 e. The highest BCUT2D eigenvalue weighted by atomic mass is 35.5. The van der Waals surface area contributed by atoms with Crippen LogP contribution < -0.4 is 5.73 Å². The van der Waals surface area contributed by atoms with Gasteiger partial charge in [-0.05, 0) is 12.2 Å². The normalized spacial score (nSPS) is 26.3. The van der Waals surface area contributed by atoms with Gasteiger partial charge >= 0.3 is 0 Å². The first-order valence-electron chi connectivity index (χ1n) is 2.45. The van der Waals surface area contributed by atoms with Crippen LogP contribution >= 0.6 is 23.4 Å². The van der Waals surface area contributed by atoms with E-state index in [9.17, 15) is 0 Å². The van der Waals surface area contributed by atoms with Crippen molar-refractivity contribution in [3.63, 3.8) is 0 Å². The fourth-order valence-corrected chi connectivity index (χ4v) is 0.918. The predicted molar refractivity (Wildman–Crippen MR) is 38.7 cm³/mol. The number of halogens is 2. The van der Waals surface area contributed by atoms with Crippen LogP contribution in [0, 0.1) is 0 Å². The van der Waals surface area contributed by atoms with Gasteiger partial charge in [0.2, 0.25) is 0 Å². The van der Waals surface area contributed by atoms with E-state index in [-0.39, 0.29) is 6.17 Å². The second-order valence-electron chi connectivity index (χ2n) is 1.71. The van der Waals surface area contributed by atoms with E-state index in [1.54, 1.807) is 18.4 Å². The lowest BCUT2D eigenvalue weighted by Crippen LogP contribution is -2.31. The zero-order chi connectivity index (χ0) is 6.85. The molecule has 0 spiro atoms. The summed E-state index contributed by atoms with van der Waals surface area (Å²) in [5.74, 6) is 0. The van der Waals surface area contributed by atoms with Crippen molar-refractivity contribution in [1.82, 2.24) is 4.42 Å². The molecular formula is C5H6Cl2N2. The van der Waals surface area contributed by atoms with Gasteiger partial charge in [0.1, 0.15) is 6.17 Å². The molecule has 0 saturated carbocycles. The van der Waals surface area contributed by atoms with Crippen molar-refractivity contribution in [3.8, 4) is 0 Å². The first kappa shape index (κ1) is 6.93. The molecule has 1 aliphatic heterocycles. The Morgan fingerprint density at radius 1 is 1.67 bits per heavy atom. The van der Waals surface area contributed by atoms with Crippen molar-refractivity contribution < 1.29 is 0 Å². The van der Waals surface area contributed by atoms with Crippen molar-refractivity contribution in [3.05, 3.63) is 23.4 Å². The van der Waals surface area contributed by atoms with Gasteiger partial charge in [-0.3, -0.25) is 4.42 Å². The predicted octanol–water partition coefficient (Wildman–Crippen LogP) is 1.38. The Kier molecular flexibility index (Phi) is 2.01. The second kappa shape index (κ2) is 2.60. The molecule has 50 valence electrons. The molecule has 0 fully saturated rings. The lowest BCUT2D eigenvalue weighted by Gasteiger charge is -2.19. The molecule has 0 bridgehead atoms. The summed E-state index contributed by atoms with van der Waals surface area (Å²) < 4.78 is 1.32. The maximum absolute atomic E-state index is 5.57. The highest BCUT2D eigenvalue weighted by Gasteiger charge is 2.08. The van der Waals surface area contributed by atoms with Gasteiger partial charge in [-0.2, -0.15) is 0 Å². The maximum Gasteiger partial charge on any atom is 0.112 e. The van der Waals surface area contributed by atoms with E-state index in [0.29, 0.717) is 5.03 Å². The first-order chi connectivity index (χ1) is 4.20. The third-order valence-corrected chi connectivity index (χ3v) is 1.53. The Bertz CT molecular complexity index is 164. The average Bonchev–Trinajstić information content (AvgIpc) is 1.80. The summed E-state index contributed by atoms with van der Waals surface area (Å²) in [7, 11) is 0. The smallest absolute Gasteiger partial charge is 0.112 e. The fraction of sp³-hybridized carbons (Fsp3) is 0.200. The highest BCUT2D eigenvalue weighted by Crippen LogP contribution is 2.14. The molecule has 9 heavy (non-hydrogen) atoms. The molecule has 1 rings (SSSR count). The van der Waals surface area contributed by atoms with Crippen molar-refractivity contribution in [2.75, 3.05) is 0 Å². The molecule has 0 aliphatic carbocycles. The van der Waals surface area contributed by atoms with Gasteiger partial charge in [0.15, 0.2) is 0 Å². The van der Waals surface area contributed by atoms with Crippen LogP contribution in [0.1, 0.15) is 0 Å². The van der Waals surface area contributed by atoms with E-state index in [1.807, 2.05) is 0 Å². The molecule has 1 unspecified atom stereocenters. The third-order valence-electron chi connectivity index (χ3n) is 0.984. The lowest BCUT2D eigenvalue weighted by molar-refractivity contribution is 0.511. The SMILES string of the molecule is NC1C=CC(Cl)=CN1Cl. The van der Waals surface area contributed by atoms with Gasteiger partial charge in [-0.25, -0.2) is 0 Å². The minimum absolute atomic E-state index is 0.255. The molecule has 0 aromatic carbocycles. The molecule has 0 saturated heterocycles. The number of allylic oxidation sites excluding steroid dienone is 2. The molecule has 2 N–H and O–H groups in total. The molecule has 1 atom stereocenters. The van der Waals surface area contributed by atoms with Crippen LogP contribution in [-0.4, -0.2) is 10.6 Å². The van der Waals surface area contributed by atoms with E-state index in [4.69, 9.17) is 29.1 Å². The van der Waals surface area contributed by atoms with Crippen molar-refractivity contribution >= 4 is 23.4 Å². The topological polar surface area (TPSA) is 29.3 Å². The van der Waals surface area contributed by atoms with E-state index in [1.165, 1.54) is 4.42 Å². The van der Waals surface area contributed by atoms with Gasteiger partial charge in [-0.15, -0.1) is 0 Å². The van der Waals surface area contributed by atoms with E-state index in [0.717, 1.165) is 0 Å². The molecular weight excluding hydrogens is 159 g/mol. The Morgan fingerprint density at radius 3 is 2.78 bits per heavy atom. The maximum atomic E-state index is 5.57. The van der Waals surface area contributed by atoms with Gasteiger partial charge in [0.05, 0.1) is 5.03 Å². The van der Waals surface area contributed by atoms with Crippen LogP contribution in [-0.2, 0) is 0 Å². The zero-order valence-electron chi connectivity index (χ0n) is 4.59. The Balaban J connectivity index is 2.70. The largest absolute Gasteiger partial charge is 0.307 e. The van der Waals surface area contributed by atoms with Crippen molar-refractivity contribution in [1.29, 1.82) is 0 Å². The molecule has 1 aliphatic rings. The quantitative estimate of drug-likeness (QED) is 0.549. The monoisotopic (exact) mass is 164 g/mol. The van der Waals surface area contributed by atoms with Gasteiger partial charge in [-0.1, -0.05) is 11.6 Å². The number of nitrogens with two attached hydrogens (primary N) is 1. The van der Waals surface area contributed by atoms with Crippen LogP contribution in [0.2, 0.25) is 0 Å². The Labute approximate surface area is 63.6 Å². The summed E-state index contributed by atoms with van der Waals surface area (Å²) in [6.45, 7) is 0. The van der Waals surface area contributed by atoms with E-state index >= 15 is 0 Å². The summed E-state index contributed by atoms with van der Waals surface area (Å²) in [6.07, 6.45) is 4.74. The minimum atomic E-state index is -0.255. The lowest BCUT2D eigenvalue weighted by atomic mass is 10.3. The molecule has 0 amide bonds. The number of hydrogen-bond acceptors (Lipinski definition) is 2. The average molecular weight is 165 g/mol. The number of nitrogens with zero attached hydrogens (tertiary/aromatic N) is 1. The van der Waals surface area contributed by atoms with Crippen molar-refractivity contribution in [2.24, 2.45) is 5.73 Å². The summed E-state index contributed by atoms with van der Waals surface area (Å²) in [6, 6.07) is 0. The van der Waals surface area contributed by atoms with Crippen LogP contribution in [0.3, 0.4) is 0 Å². The van der Waals surface area contributed by atoms with Crippen LogP contribution in [0.5, 0.6) is 0 Å². The van der Waals surface area contributed by atoms with Crippen LogP contribution in [0.15, 0.2) is 23.4 Å². The molecule has 1 heterocycles. The number of rotatable bonds is 0. The Morgan fingerprint density at radius 2 is 2.33 bits per heavy atom. The third kappa shape index (κ3) is 1.61. The highest BCUT2D eigenvalue weighted by molar-refractivity contribution is 6.31. The number of hydrogen-bond donors (Lipinski definition) is 1. The Hall–Kier alpha value is -0.180. The van der Waals surface area contributed by atoms with Crippen LogP contribution in [0.25, 0.3) is 0 Å². The summed E-state index contributed by atoms with van der Waals surface area (Å²) in [5.41, 5.74) is 5.44. The fourth-order valence-electron chi connectivity index (χ4n) is 0.520. The zero-order valence-corrected chi connectivity index (χ0v) is 6.10. The van der Waals surface area contributed by atoms with E-state index < -0.39 is 0 Å². The standard InChI is InChI=1S/C5H6Cl2N2/c6-4-1-2-5(8)9(7)3-4/h1-3,5H,8H2. The molecule has 0 radical (unpaired) electrons. The van der Waals surface area contributed by atoms with Gasteiger partial charge in [0, 0.05) is 18.0 Å². The summed E-state index contributed by atoms with van der Waals surface area (Å²) in [5, 5.41) is 0.590. The van der Waals surface area contributed by atoms with Crippen molar-refractivity contribution in [2.45, 2.75) is 6.17 Å². The molecule has 0 aromatic heterocycles. The van der Waals surface area contributed by atoms with Gasteiger partial charge in [0.25, 0.3) is 0 Å². The summed E-state index contributed by atoms with van der Waals surface area (Å²) >= 11 is 11.1. The van der Waals surface area contributed by atoms with E-state index in [2.05, 4.69) is 0 Å². The summed E-state index contributed by atoms with van der Waals surface area (Å²) in [4.78, 5) is 0. The molecule has 0 aromatic rings. The molecule has 4 heteroatoms. The second-order valence-corrected chi connectivity index (χ2v) is 2.53. The molecule has 2 nitrogen and oxygen atoms in total. The first-order valence-corrected chi connectivity index (χ1v) is 3.17. The van der Waals surface area contributed by atoms with Crippen LogP contribution in [0.4, 0.5) is 0 Å². The van der Waals surface area contributed by atoms with Gasteiger partial charge < -0.3 is 5.73 Å².